The number of fused-ring (bicyclic) bond motifs is 1. The van der Waals surface area contributed by atoms with E-state index < -0.39 is 16.9 Å². The molecule has 5 rings (SSSR count). The molecule has 12 heteroatoms. The first-order valence-corrected chi connectivity index (χ1v) is 15.2. The van der Waals surface area contributed by atoms with Gasteiger partial charge in [0.25, 0.3) is 11.2 Å². The van der Waals surface area contributed by atoms with Gasteiger partial charge < -0.3 is 13.9 Å². The van der Waals surface area contributed by atoms with Crippen molar-refractivity contribution >= 4 is 45.0 Å². The molecule has 0 spiro atoms. The van der Waals surface area contributed by atoms with Crippen LogP contribution in [-0.2, 0) is 9.53 Å². The van der Waals surface area contributed by atoms with Crippen molar-refractivity contribution < 1.29 is 23.6 Å². The zero-order valence-electron chi connectivity index (χ0n) is 23.9. The number of methoxy groups -OCH3 is 1. The van der Waals surface area contributed by atoms with Crippen molar-refractivity contribution in [3.63, 3.8) is 0 Å². The lowest BCUT2D eigenvalue weighted by Crippen LogP contribution is -2.40. The third-order valence-corrected chi connectivity index (χ3v) is 8.50. The van der Waals surface area contributed by atoms with E-state index in [1.165, 1.54) is 22.0 Å². The van der Waals surface area contributed by atoms with E-state index in [4.69, 9.17) is 18.9 Å². The number of rotatable bonds is 9. The van der Waals surface area contributed by atoms with Gasteiger partial charge in [-0.25, -0.2) is 9.79 Å². The number of nitrogens with zero attached hydrogens (tertiary/aromatic N) is 3. The standard InChI is InChI=1S/C31H28BrN3O7S/c1-5-7-22-27(30(37)41-6-2)28(18-9-12-25(40-4)21(32)15-18)34-29(36)26(43-31(34)33-22)16-19-10-13-24(42-19)20-11-8-17(3)14-23(20)35(38)39/h8-16,28H,5-7H2,1-4H3/b26-16-. The molecule has 1 aliphatic heterocycles. The second-order valence-electron chi connectivity index (χ2n) is 9.79. The third kappa shape index (κ3) is 5.84. The SMILES string of the molecule is CCCC1=C(C(=O)OCC)C(c2ccc(OC)c(Br)c2)n2c(s/c(=C\c3ccc(-c4ccc(C)cc4[N+](=O)[O-])o3)c2=O)=N1. The highest BCUT2D eigenvalue weighted by Gasteiger charge is 2.34. The number of benzene rings is 2. The number of nitro benzene ring substituents is 1. The van der Waals surface area contributed by atoms with Gasteiger partial charge in [0.15, 0.2) is 4.80 Å². The number of allylic oxidation sites excluding steroid dienone is 1. The van der Waals surface area contributed by atoms with Crippen LogP contribution < -0.4 is 19.6 Å². The van der Waals surface area contributed by atoms with Crippen LogP contribution in [0.15, 0.2) is 78.5 Å². The Balaban J connectivity index is 1.68. The minimum Gasteiger partial charge on any atom is -0.496 e. The number of nitro groups is 1. The summed E-state index contributed by atoms with van der Waals surface area (Å²) in [5.74, 6) is 0.726. The fraction of sp³-hybridized carbons (Fsp3) is 0.258. The molecule has 43 heavy (non-hydrogen) atoms. The smallest absolute Gasteiger partial charge is 0.338 e. The van der Waals surface area contributed by atoms with E-state index in [-0.39, 0.29) is 17.9 Å². The molecule has 222 valence electrons. The third-order valence-electron chi connectivity index (χ3n) is 6.90. The topological polar surface area (TPSA) is 126 Å². The molecule has 0 saturated carbocycles. The summed E-state index contributed by atoms with van der Waals surface area (Å²) in [7, 11) is 1.56. The van der Waals surface area contributed by atoms with Crippen LogP contribution in [0.4, 0.5) is 5.69 Å². The van der Waals surface area contributed by atoms with Gasteiger partial charge in [0, 0.05) is 12.1 Å². The van der Waals surface area contributed by atoms with Gasteiger partial charge in [0.1, 0.15) is 17.3 Å². The number of thiazole rings is 1. The minimum atomic E-state index is -0.788. The number of hydrogen-bond donors (Lipinski definition) is 0. The van der Waals surface area contributed by atoms with E-state index >= 15 is 0 Å². The first-order valence-electron chi connectivity index (χ1n) is 13.6. The maximum atomic E-state index is 14.0. The number of ether oxygens (including phenoxy) is 2. The predicted octanol–water partition coefficient (Wildman–Crippen LogP) is 5.83. The molecule has 0 fully saturated rings. The molecular weight excluding hydrogens is 638 g/mol. The van der Waals surface area contributed by atoms with E-state index in [0.717, 1.165) is 12.0 Å². The van der Waals surface area contributed by atoms with Crippen molar-refractivity contribution in [3.8, 4) is 17.1 Å². The number of aryl methyl sites for hydroxylation is 1. The van der Waals surface area contributed by atoms with Gasteiger partial charge in [-0.1, -0.05) is 36.8 Å². The van der Waals surface area contributed by atoms with E-state index in [0.29, 0.717) is 59.9 Å². The van der Waals surface area contributed by atoms with Crippen molar-refractivity contribution in [2.75, 3.05) is 13.7 Å². The second kappa shape index (κ2) is 12.5. The number of esters is 1. The summed E-state index contributed by atoms with van der Waals surface area (Å²) < 4.78 is 19.3. The van der Waals surface area contributed by atoms with Crippen molar-refractivity contribution in [1.29, 1.82) is 0 Å². The molecule has 0 N–H and O–H groups in total. The molecule has 0 aliphatic carbocycles. The number of furan rings is 1. The molecule has 10 nitrogen and oxygen atoms in total. The Bertz CT molecular complexity index is 1950. The molecule has 0 saturated heterocycles. The predicted molar refractivity (Wildman–Crippen MR) is 166 cm³/mol. The monoisotopic (exact) mass is 665 g/mol. The Morgan fingerprint density at radius 2 is 2.00 bits per heavy atom. The van der Waals surface area contributed by atoms with Gasteiger partial charge in [0.05, 0.1) is 50.5 Å². The van der Waals surface area contributed by atoms with Gasteiger partial charge in [-0.05, 0) is 77.7 Å². The second-order valence-corrected chi connectivity index (χ2v) is 11.7. The van der Waals surface area contributed by atoms with Crippen LogP contribution in [0.1, 0.15) is 49.6 Å². The van der Waals surface area contributed by atoms with Crippen molar-refractivity contribution in [2.24, 2.45) is 4.99 Å². The lowest BCUT2D eigenvalue weighted by molar-refractivity contribution is -0.384. The molecule has 2 aromatic carbocycles. The number of halogens is 1. The van der Waals surface area contributed by atoms with Gasteiger partial charge in [-0.3, -0.25) is 19.5 Å². The largest absolute Gasteiger partial charge is 0.496 e. The Morgan fingerprint density at radius 1 is 1.21 bits per heavy atom. The average Bonchev–Trinajstić information content (AvgIpc) is 3.56. The van der Waals surface area contributed by atoms with Crippen molar-refractivity contribution in [3.05, 3.63) is 111 Å². The molecule has 1 aliphatic rings. The molecule has 2 aromatic heterocycles. The molecule has 0 radical (unpaired) electrons. The highest BCUT2D eigenvalue weighted by molar-refractivity contribution is 9.10. The summed E-state index contributed by atoms with van der Waals surface area (Å²) in [5.41, 5.74) is 2.22. The van der Waals surface area contributed by atoms with Crippen LogP contribution >= 0.6 is 27.3 Å². The van der Waals surface area contributed by atoms with E-state index in [9.17, 15) is 19.7 Å². The van der Waals surface area contributed by atoms with Gasteiger partial charge in [-0.15, -0.1) is 0 Å². The zero-order valence-corrected chi connectivity index (χ0v) is 26.3. The summed E-state index contributed by atoms with van der Waals surface area (Å²) in [6.07, 6.45) is 2.83. The van der Waals surface area contributed by atoms with Gasteiger partial charge >= 0.3 is 5.97 Å². The van der Waals surface area contributed by atoms with Crippen LogP contribution in [0, 0.1) is 17.0 Å². The summed E-state index contributed by atoms with van der Waals surface area (Å²) in [5, 5.41) is 11.7. The fourth-order valence-corrected chi connectivity index (χ4v) is 6.55. The van der Waals surface area contributed by atoms with Crippen molar-refractivity contribution in [1.82, 2.24) is 4.57 Å². The molecule has 3 heterocycles. The summed E-state index contributed by atoms with van der Waals surface area (Å²) >= 11 is 4.70. The normalized spacial score (nSPS) is 14.8. The molecule has 0 amide bonds. The Hall–Kier alpha value is -4.29. The number of hydrogen-bond acceptors (Lipinski definition) is 9. The highest BCUT2D eigenvalue weighted by atomic mass is 79.9. The number of carbonyl (C=O) groups excluding carboxylic acids is 1. The average molecular weight is 667 g/mol. The molecular formula is C31H28BrN3O7S. The van der Waals surface area contributed by atoms with E-state index in [1.54, 1.807) is 57.4 Å². The lowest BCUT2D eigenvalue weighted by atomic mass is 9.94. The van der Waals surface area contributed by atoms with Crippen molar-refractivity contribution in [2.45, 2.75) is 39.7 Å². The van der Waals surface area contributed by atoms with Crippen LogP contribution in [0.25, 0.3) is 17.4 Å². The number of aromatic nitrogens is 1. The highest BCUT2D eigenvalue weighted by Crippen LogP contribution is 2.36. The fourth-order valence-electron chi connectivity index (χ4n) is 4.99. The van der Waals surface area contributed by atoms with E-state index in [1.807, 2.05) is 19.1 Å². The maximum absolute atomic E-state index is 14.0. The summed E-state index contributed by atoms with van der Waals surface area (Å²) in [6, 6.07) is 12.8. The van der Waals surface area contributed by atoms with Crippen LogP contribution in [-0.4, -0.2) is 29.2 Å². The lowest BCUT2D eigenvalue weighted by Gasteiger charge is -2.26. The van der Waals surface area contributed by atoms with Crippen LogP contribution in [0.3, 0.4) is 0 Å². The Labute approximate surface area is 258 Å². The summed E-state index contributed by atoms with van der Waals surface area (Å²) in [4.78, 5) is 43.8. The maximum Gasteiger partial charge on any atom is 0.338 e. The molecule has 1 unspecified atom stereocenters. The van der Waals surface area contributed by atoms with Gasteiger partial charge in [-0.2, -0.15) is 0 Å². The number of carbonyl (C=O) groups is 1. The van der Waals surface area contributed by atoms with Crippen LogP contribution in [0.2, 0.25) is 0 Å². The Morgan fingerprint density at radius 3 is 2.67 bits per heavy atom. The Kier molecular flexibility index (Phi) is 8.79. The minimum absolute atomic E-state index is 0.0686. The molecule has 0 bridgehead atoms. The first kappa shape index (κ1) is 30.2. The zero-order chi connectivity index (χ0) is 30.8. The van der Waals surface area contributed by atoms with E-state index in [2.05, 4.69) is 15.9 Å². The van der Waals surface area contributed by atoms with Crippen LogP contribution in [0.5, 0.6) is 5.75 Å². The first-order chi connectivity index (χ1) is 20.7. The van der Waals surface area contributed by atoms with Gasteiger partial charge in [0.2, 0.25) is 0 Å². The molecule has 1 atom stereocenters. The molecule has 4 aromatic rings. The summed E-state index contributed by atoms with van der Waals surface area (Å²) in [6.45, 7) is 5.67. The quantitative estimate of drug-likeness (QED) is 0.125.